The fraction of sp³-hybridized carbons (Fsp3) is 0.444. The standard InChI is InChI=1S/C14H15NO3.C4H10/c1-4-18-14(17)11-7-15-12-6-9(3)8(2)5-10(12)13(11)16;1-4(2)3/h5-7H,4H2,1-3H3,(H,15,16);4H,1-3H3. The molecule has 0 bridgehead atoms. The van der Waals surface area contributed by atoms with Gasteiger partial charge < -0.3 is 9.72 Å². The van der Waals surface area contributed by atoms with E-state index >= 15 is 0 Å². The number of hydrogen-bond acceptors (Lipinski definition) is 3. The zero-order chi connectivity index (χ0) is 16.9. The minimum Gasteiger partial charge on any atom is -0.462 e. The first kappa shape index (κ1) is 18.0. The highest BCUT2D eigenvalue weighted by Gasteiger charge is 2.14. The van der Waals surface area contributed by atoms with E-state index in [2.05, 4.69) is 25.8 Å². The fourth-order valence-electron chi connectivity index (χ4n) is 1.84. The van der Waals surface area contributed by atoms with Crippen LogP contribution in [0.3, 0.4) is 0 Å². The molecule has 0 aliphatic rings. The van der Waals surface area contributed by atoms with Gasteiger partial charge in [-0.15, -0.1) is 0 Å². The molecule has 0 unspecified atom stereocenters. The van der Waals surface area contributed by atoms with Crippen LogP contribution in [0.2, 0.25) is 0 Å². The van der Waals surface area contributed by atoms with E-state index in [4.69, 9.17) is 4.74 Å². The van der Waals surface area contributed by atoms with Gasteiger partial charge >= 0.3 is 5.97 Å². The van der Waals surface area contributed by atoms with Gasteiger partial charge in [-0.2, -0.15) is 0 Å². The van der Waals surface area contributed by atoms with Gasteiger partial charge in [0.2, 0.25) is 5.43 Å². The monoisotopic (exact) mass is 303 g/mol. The van der Waals surface area contributed by atoms with Crippen LogP contribution in [-0.4, -0.2) is 17.6 Å². The molecule has 4 heteroatoms. The van der Waals surface area contributed by atoms with E-state index in [9.17, 15) is 9.59 Å². The average Bonchev–Trinajstić information content (AvgIpc) is 2.41. The summed E-state index contributed by atoms with van der Waals surface area (Å²) in [4.78, 5) is 26.8. The Labute approximate surface area is 131 Å². The van der Waals surface area contributed by atoms with Gasteiger partial charge in [-0.3, -0.25) is 4.79 Å². The Hall–Kier alpha value is -2.10. The van der Waals surface area contributed by atoms with E-state index in [1.165, 1.54) is 6.20 Å². The number of rotatable bonds is 2. The van der Waals surface area contributed by atoms with Crippen LogP contribution in [0.15, 0.2) is 23.1 Å². The number of aromatic amines is 1. The van der Waals surface area contributed by atoms with Crippen LogP contribution in [0.25, 0.3) is 10.9 Å². The molecule has 0 aliphatic heterocycles. The van der Waals surface area contributed by atoms with Gasteiger partial charge in [-0.1, -0.05) is 20.8 Å². The molecule has 0 spiro atoms. The zero-order valence-corrected chi connectivity index (χ0v) is 14.2. The molecule has 0 fully saturated rings. The number of pyridine rings is 1. The van der Waals surface area contributed by atoms with Gasteiger partial charge in [0.15, 0.2) is 0 Å². The molecule has 0 amide bonds. The first-order chi connectivity index (χ1) is 10.3. The molecule has 0 saturated heterocycles. The highest BCUT2D eigenvalue weighted by Crippen LogP contribution is 2.15. The Balaban J connectivity index is 0.000000541. The summed E-state index contributed by atoms with van der Waals surface area (Å²) in [5.41, 5.74) is 2.62. The Bertz CT molecular complexity index is 711. The number of carbonyl (C=O) groups excluding carboxylic acids is 1. The molecular weight excluding hydrogens is 278 g/mol. The smallest absolute Gasteiger partial charge is 0.343 e. The second kappa shape index (κ2) is 7.78. The van der Waals surface area contributed by atoms with Crippen LogP contribution in [-0.2, 0) is 4.74 Å². The summed E-state index contributed by atoms with van der Waals surface area (Å²) in [6.07, 6.45) is 1.41. The Morgan fingerprint density at radius 3 is 2.27 bits per heavy atom. The predicted molar refractivity (Wildman–Crippen MR) is 90.5 cm³/mol. The SMILES string of the molecule is CC(C)C.CCOC(=O)c1c[nH]c2cc(C)c(C)cc2c1=O. The molecule has 1 aromatic carbocycles. The van der Waals surface area contributed by atoms with Gasteiger partial charge in [0, 0.05) is 17.1 Å². The lowest BCUT2D eigenvalue weighted by molar-refractivity contribution is 0.0524. The number of benzene rings is 1. The number of carbonyl (C=O) groups is 1. The summed E-state index contributed by atoms with van der Waals surface area (Å²) in [6, 6.07) is 3.70. The number of nitrogens with one attached hydrogen (secondary N) is 1. The van der Waals surface area contributed by atoms with Crippen molar-refractivity contribution in [3.63, 3.8) is 0 Å². The third-order valence-electron chi connectivity index (χ3n) is 2.99. The molecule has 4 nitrogen and oxygen atoms in total. The third kappa shape index (κ3) is 4.45. The number of hydrogen-bond donors (Lipinski definition) is 1. The Morgan fingerprint density at radius 1 is 1.18 bits per heavy atom. The minimum atomic E-state index is -0.584. The summed E-state index contributed by atoms with van der Waals surface area (Å²) in [5, 5.41) is 0.517. The predicted octanol–water partition coefficient (Wildman–Crippen LogP) is 3.98. The van der Waals surface area contributed by atoms with Gasteiger partial charge in [-0.25, -0.2) is 4.79 Å². The second-order valence-electron chi connectivity index (χ2n) is 5.97. The first-order valence-corrected chi connectivity index (χ1v) is 7.57. The molecule has 0 saturated carbocycles. The Kier molecular flexibility index (Phi) is 6.35. The molecule has 1 N–H and O–H groups in total. The normalized spacial score (nSPS) is 10.3. The van der Waals surface area contributed by atoms with E-state index in [0.29, 0.717) is 5.39 Å². The maximum atomic E-state index is 12.2. The van der Waals surface area contributed by atoms with Crippen LogP contribution in [0, 0.1) is 19.8 Å². The van der Waals surface area contributed by atoms with Crippen molar-refractivity contribution in [3.05, 3.63) is 45.2 Å². The van der Waals surface area contributed by atoms with Crippen LogP contribution in [0.4, 0.5) is 0 Å². The van der Waals surface area contributed by atoms with Crippen molar-refractivity contribution in [1.29, 1.82) is 0 Å². The lowest BCUT2D eigenvalue weighted by atomic mass is 10.0. The number of aryl methyl sites for hydroxylation is 2. The molecule has 1 heterocycles. The molecule has 2 aromatic rings. The van der Waals surface area contributed by atoms with E-state index in [1.807, 2.05) is 19.9 Å². The van der Waals surface area contributed by atoms with Crippen molar-refractivity contribution in [1.82, 2.24) is 4.98 Å². The van der Waals surface area contributed by atoms with Crippen molar-refractivity contribution in [2.75, 3.05) is 6.61 Å². The number of H-pyrrole nitrogens is 1. The quantitative estimate of drug-likeness (QED) is 0.854. The summed E-state index contributed by atoms with van der Waals surface area (Å²) < 4.78 is 4.85. The summed E-state index contributed by atoms with van der Waals surface area (Å²) >= 11 is 0. The zero-order valence-electron chi connectivity index (χ0n) is 14.2. The third-order valence-corrected chi connectivity index (χ3v) is 2.99. The molecule has 2 rings (SSSR count). The lowest BCUT2D eigenvalue weighted by Gasteiger charge is -2.06. The van der Waals surface area contributed by atoms with E-state index in [0.717, 1.165) is 22.6 Å². The Morgan fingerprint density at radius 2 is 1.73 bits per heavy atom. The summed E-state index contributed by atoms with van der Waals surface area (Å²) in [6.45, 7) is 12.4. The fourth-order valence-corrected chi connectivity index (χ4v) is 1.84. The lowest BCUT2D eigenvalue weighted by Crippen LogP contribution is -2.18. The number of aromatic nitrogens is 1. The van der Waals surface area contributed by atoms with Gasteiger partial charge in [0.25, 0.3) is 0 Å². The largest absolute Gasteiger partial charge is 0.462 e. The molecule has 0 radical (unpaired) electrons. The molecule has 0 atom stereocenters. The highest BCUT2D eigenvalue weighted by atomic mass is 16.5. The molecule has 120 valence electrons. The average molecular weight is 303 g/mol. The number of fused-ring (bicyclic) bond motifs is 1. The van der Waals surface area contributed by atoms with Gasteiger partial charge in [-0.05, 0) is 49.9 Å². The van der Waals surface area contributed by atoms with Crippen molar-refractivity contribution in [3.8, 4) is 0 Å². The maximum absolute atomic E-state index is 12.2. The van der Waals surface area contributed by atoms with E-state index < -0.39 is 5.97 Å². The van der Waals surface area contributed by atoms with Crippen LogP contribution < -0.4 is 5.43 Å². The van der Waals surface area contributed by atoms with E-state index in [-0.39, 0.29) is 17.6 Å². The minimum absolute atomic E-state index is 0.0487. The van der Waals surface area contributed by atoms with Crippen molar-refractivity contribution in [2.24, 2.45) is 5.92 Å². The summed E-state index contributed by atoms with van der Waals surface area (Å²) in [7, 11) is 0. The van der Waals surface area contributed by atoms with Gasteiger partial charge in [0.1, 0.15) is 5.56 Å². The van der Waals surface area contributed by atoms with Crippen molar-refractivity contribution >= 4 is 16.9 Å². The van der Waals surface area contributed by atoms with Gasteiger partial charge in [0.05, 0.1) is 6.61 Å². The topological polar surface area (TPSA) is 59.2 Å². The second-order valence-corrected chi connectivity index (χ2v) is 5.97. The van der Waals surface area contributed by atoms with Crippen LogP contribution >= 0.6 is 0 Å². The molecule has 1 aromatic heterocycles. The first-order valence-electron chi connectivity index (χ1n) is 7.57. The van der Waals surface area contributed by atoms with Crippen molar-refractivity contribution < 1.29 is 9.53 Å². The van der Waals surface area contributed by atoms with Crippen LogP contribution in [0.1, 0.15) is 49.2 Å². The summed E-state index contributed by atoms with van der Waals surface area (Å²) in [5.74, 6) is 0.249. The highest BCUT2D eigenvalue weighted by molar-refractivity contribution is 5.93. The molecule has 22 heavy (non-hydrogen) atoms. The molecular formula is C18H25NO3. The number of ether oxygens (including phenoxy) is 1. The van der Waals surface area contributed by atoms with Crippen LogP contribution in [0.5, 0.6) is 0 Å². The maximum Gasteiger partial charge on any atom is 0.343 e. The number of esters is 1. The van der Waals surface area contributed by atoms with Crippen molar-refractivity contribution in [2.45, 2.75) is 41.5 Å². The van der Waals surface area contributed by atoms with E-state index in [1.54, 1.807) is 13.0 Å². The molecule has 0 aliphatic carbocycles.